The number of carbonyl (C=O) groups is 3. The van der Waals surface area contributed by atoms with Gasteiger partial charge in [-0.1, -0.05) is 0 Å². The van der Waals surface area contributed by atoms with E-state index in [9.17, 15) is 39.9 Å². The Hall–Kier alpha value is -3.45. The van der Waals surface area contributed by atoms with Crippen LogP contribution in [0.1, 0.15) is 22.3 Å². The van der Waals surface area contributed by atoms with Gasteiger partial charge in [0.15, 0.2) is 11.4 Å². The third-order valence-corrected chi connectivity index (χ3v) is 7.45. The molecule has 0 radical (unpaired) electrons. The highest BCUT2D eigenvalue weighted by Crippen LogP contribution is 2.57. The van der Waals surface area contributed by atoms with Crippen LogP contribution in [-0.4, -0.2) is 86.3 Å². The number of carbonyl (C=O) groups excluding carboxylic acids is 3. The summed E-state index contributed by atoms with van der Waals surface area (Å²) in [5.41, 5.74) is 12.5. The number of ketones is 2. The van der Waals surface area contributed by atoms with Crippen LogP contribution in [0.5, 0.6) is 5.75 Å². The van der Waals surface area contributed by atoms with Crippen LogP contribution in [0.3, 0.4) is 0 Å². The maximum atomic E-state index is 13.8. The third-order valence-electron chi connectivity index (χ3n) is 7.45. The molecule has 1 aromatic rings. The number of aliphatic hydroxyl groups is 4. The number of likely N-dealkylation sites (N-methyl/N-ethyl adjacent to an activating group) is 1. The van der Waals surface area contributed by atoms with E-state index < -0.39 is 63.3 Å². The molecule has 0 fully saturated rings. The first-order valence-corrected chi connectivity index (χ1v) is 11.0. The molecule has 0 aromatic heterocycles. The van der Waals surface area contributed by atoms with E-state index >= 15 is 0 Å². The van der Waals surface area contributed by atoms with Crippen molar-refractivity contribution in [1.82, 2.24) is 4.90 Å². The van der Waals surface area contributed by atoms with Crippen LogP contribution < -0.4 is 17.2 Å². The summed E-state index contributed by atoms with van der Waals surface area (Å²) in [6.07, 6.45) is -0.161. The molecule has 3 aliphatic carbocycles. The predicted octanol–water partition coefficient (Wildman–Crippen LogP) is -1.61. The number of phenols is 1. The van der Waals surface area contributed by atoms with E-state index in [2.05, 4.69) is 0 Å². The number of phenolic OH excluding ortho intramolecular Hbond substituents is 1. The van der Waals surface area contributed by atoms with Gasteiger partial charge < -0.3 is 47.6 Å². The van der Waals surface area contributed by atoms with Gasteiger partial charge in [0.2, 0.25) is 5.78 Å². The van der Waals surface area contributed by atoms with Crippen LogP contribution >= 0.6 is 0 Å². The maximum absolute atomic E-state index is 13.8. The number of nitrogens with two attached hydrogens (primary N) is 3. The topological polar surface area (TPSA) is 234 Å². The summed E-state index contributed by atoms with van der Waals surface area (Å²) in [5, 5.41) is 53.3. The molecule has 35 heavy (non-hydrogen) atoms. The van der Waals surface area contributed by atoms with Crippen LogP contribution in [0.25, 0.3) is 0 Å². The highest BCUT2D eigenvalue weighted by Gasteiger charge is 2.65. The van der Waals surface area contributed by atoms with Crippen LogP contribution in [-0.2, 0) is 16.0 Å². The first kappa shape index (κ1) is 24.7. The van der Waals surface area contributed by atoms with Gasteiger partial charge in [0.25, 0.3) is 5.91 Å². The fraction of sp³-hybridized carbons (Fsp3) is 0.435. The molecule has 0 unspecified atom stereocenters. The standard InChI is InChI=1S/C23H28N4O8/c1-27(4-5-28)8-22-6-9-11(24)2-3-12(29)13(9)17(30)15(22)20(33)23(35)10(7-22)16(25)18(31)14(19(23)32)21(26)34/h2-3,10,16,28-29,31,33,35H,4-8,24-25H2,1H3,(H2,26,34)/t10-,16-,22-,23+/m0/s1. The normalized spacial score (nSPS) is 30.3. The minimum Gasteiger partial charge on any atom is -0.510 e. The number of Topliss-reactive ketones (excluding diaryl/α,β-unsaturated/α-hetero) is 2. The SMILES string of the molecule is CN(CCO)C[C@@]12Cc3c(N)ccc(O)c3C(=O)C1=C(O)[C@]1(O)C(=O)C(C(N)=O)=C(O)[C@@H](N)[C@@H]1C2. The van der Waals surface area contributed by atoms with Gasteiger partial charge >= 0.3 is 0 Å². The molecule has 0 aliphatic heterocycles. The zero-order valence-electron chi connectivity index (χ0n) is 19.0. The van der Waals surface area contributed by atoms with Crippen LogP contribution in [0.15, 0.2) is 34.8 Å². The molecule has 12 heteroatoms. The van der Waals surface area contributed by atoms with Crippen molar-refractivity contribution in [3.8, 4) is 5.75 Å². The summed E-state index contributed by atoms with van der Waals surface area (Å²) < 4.78 is 0. The number of aromatic hydroxyl groups is 1. The summed E-state index contributed by atoms with van der Waals surface area (Å²) in [6.45, 7) is 0.0546. The fourth-order valence-corrected chi connectivity index (χ4v) is 5.89. The lowest BCUT2D eigenvalue weighted by atomic mass is 9.52. The quantitative estimate of drug-likeness (QED) is 0.133. The van der Waals surface area contributed by atoms with Crippen LogP contribution in [0.2, 0.25) is 0 Å². The van der Waals surface area contributed by atoms with E-state index in [1.54, 1.807) is 11.9 Å². The van der Waals surface area contributed by atoms with E-state index in [0.29, 0.717) is 5.56 Å². The molecule has 0 spiro atoms. The average Bonchev–Trinajstić information content (AvgIpc) is 2.77. The molecule has 0 saturated heterocycles. The summed E-state index contributed by atoms with van der Waals surface area (Å²) >= 11 is 0. The number of fused-ring (bicyclic) bond motifs is 3. The molecule has 3 aliphatic rings. The van der Waals surface area contributed by atoms with Crippen molar-refractivity contribution in [2.24, 2.45) is 22.8 Å². The first-order chi connectivity index (χ1) is 16.3. The highest BCUT2D eigenvalue weighted by molar-refractivity contribution is 6.25. The van der Waals surface area contributed by atoms with E-state index in [1.807, 2.05) is 0 Å². The molecule has 0 bridgehead atoms. The smallest absolute Gasteiger partial charge is 0.255 e. The van der Waals surface area contributed by atoms with Gasteiger partial charge in [-0.3, -0.25) is 14.4 Å². The zero-order chi connectivity index (χ0) is 26.0. The second kappa shape index (κ2) is 8.05. The number of nitrogens with zero attached hydrogens (tertiary/aromatic N) is 1. The summed E-state index contributed by atoms with van der Waals surface area (Å²) in [4.78, 5) is 40.6. The number of anilines is 1. The minimum atomic E-state index is -2.81. The van der Waals surface area contributed by atoms with Crippen molar-refractivity contribution in [1.29, 1.82) is 0 Å². The lowest BCUT2D eigenvalue weighted by Gasteiger charge is -2.53. The van der Waals surface area contributed by atoms with Crippen molar-refractivity contribution in [2.45, 2.75) is 24.5 Å². The number of hydrogen-bond donors (Lipinski definition) is 8. The number of hydrogen-bond acceptors (Lipinski definition) is 11. The molecule has 1 aromatic carbocycles. The predicted molar refractivity (Wildman–Crippen MR) is 122 cm³/mol. The van der Waals surface area contributed by atoms with Gasteiger partial charge in [-0.25, -0.2) is 0 Å². The van der Waals surface area contributed by atoms with Gasteiger partial charge in [0.1, 0.15) is 22.8 Å². The largest absolute Gasteiger partial charge is 0.510 e. The van der Waals surface area contributed by atoms with Crippen molar-refractivity contribution in [3.05, 3.63) is 45.9 Å². The lowest BCUT2D eigenvalue weighted by Crippen LogP contribution is -2.66. The second-order valence-corrected chi connectivity index (χ2v) is 9.56. The van der Waals surface area contributed by atoms with Crippen molar-refractivity contribution < 1.29 is 39.9 Å². The Morgan fingerprint density at radius 2 is 1.89 bits per heavy atom. The molecular weight excluding hydrogens is 460 g/mol. The first-order valence-electron chi connectivity index (χ1n) is 11.0. The van der Waals surface area contributed by atoms with Crippen molar-refractivity contribution in [2.75, 3.05) is 32.5 Å². The lowest BCUT2D eigenvalue weighted by molar-refractivity contribution is -0.147. The van der Waals surface area contributed by atoms with Gasteiger partial charge in [-0.2, -0.15) is 0 Å². The molecule has 0 saturated carbocycles. The van der Waals surface area contributed by atoms with Gasteiger partial charge in [-0.15, -0.1) is 0 Å². The maximum Gasteiger partial charge on any atom is 0.255 e. The Labute approximate surface area is 199 Å². The van der Waals surface area contributed by atoms with E-state index in [1.165, 1.54) is 12.1 Å². The summed E-state index contributed by atoms with van der Waals surface area (Å²) in [5.74, 6) is -7.13. The zero-order valence-corrected chi connectivity index (χ0v) is 19.0. The molecular formula is C23H28N4O8. The van der Waals surface area contributed by atoms with Crippen molar-refractivity contribution in [3.63, 3.8) is 0 Å². The molecule has 4 atom stereocenters. The van der Waals surface area contributed by atoms with Crippen LogP contribution in [0, 0.1) is 11.3 Å². The summed E-state index contributed by atoms with van der Waals surface area (Å²) in [7, 11) is 1.67. The number of primary amides is 1. The van der Waals surface area contributed by atoms with Gasteiger partial charge in [0, 0.05) is 35.7 Å². The second-order valence-electron chi connectivity index (χ2n) is 9.56. The monoisotopic (exact) mass is 488 g/mol. The number of amides is 1. The van der Waals surface area contributed by atoms with E-state index in [0.717, 1.165) is 0 Å². The Kier molecular flexibility index (Phi) is 5.68. The molecule has 1 amide bonds. The number of aliphatic hydroxyl groups excluding tert-OH is 3. The van der Waals surface area contributed by atoms with Gasteiger partial charge in [0.05, 0.1) is 18.2 Å². The number of benzene rings is 1. The number of nitrogen functional groups attached to an aromatic ring is 1. The van der Waals surface area contributed by atoms with E-state index in [4.69, 9.17) is 17.2 Å². The van der Waals surface area contributed by atoms with Crippen molar-refractivity contribution >= 4 is 23.2 Å². The molecule has 12 nitrogen and oxygen atoms in total. The molecule has 188 valence electrons. The van der Waals surface area contributed by atoms with Crippen LogP contribution in [0.4, 0.5) is 5.69 Å². The third kappa shape index (κ3) is 3.25. The highest BCUT2D eigenvalue weighted by atomic mass is 16.3. The van der Waals surface area contributed by atoms with E-state index in [-0.39, 0.29) is 49.4 Å². The minimum absolute atomic E-state index is 0.0180. The average molecular weight is 488 g/mol. The summed E-state index contributed by atoms with van der Waals surface area (Å²) in [6, 6.07) is 1.19. The molecule has 11 N–H and O–H groups in total. The van der Waals surface area contributed by atoms with Gasteiger partial charge in [-0.05, 0) is 37.6 Å². The Bertz CT molecular complexity index is 1220. The Morgan fingerprint density at radius 3 is 2.49 bits per heavy atom. The molecule has 4 rings (SSSR count). The Morgan fingerprint density at radius 1 is 1.23 bits per heavy atom. The number of rotatable bonds is 5. The Balaban J connectivity index is 2.03. The molecule has 0 heterocycles. The fourth-order valence-electron chi connectivity index (χ4n) is 5.89.